The normalized spacial score (nSPS) is 10.8. The Morgan fingerprint density at radius 2 is 0.923 bits per heavy atom. The van der Waals surface area contributed by atoms with E-state index in [1.165, 1.54) is 113 Å². The molecule has 0 heterocycles. The molecule has 0 amide bonds. The molecule has 0 aliphatic rings. The van der Waals surface area contributed by atoms with Crippen LogP contribution >= 0.6 is 37.2 Å². The van der Waals surface area contributed by atoms with Crippen LogP contribution in [0.2, 0.25) is 0 Å². The van der Waals surface area contributed by atoms with Crippen LogP contribution in [0.3, 0.4) is 0 Å². The summed E-state index contributed by atoms with van der Waals surface area (Å²) in [6.45, 7) is 22.0. The summed E-state index contributed by atoms with van der Waals surface area (Å²) in [7, 11) is 0. The van der Waals surface area contributed by atoms with Crippen molar-refractivity contribution in [2.75, 3.05) is 52.4 Å². The number of unbranched alkanes of at least 4 members (excludes halogenated alkanes) is 2. The van der Waals surface area contributed by atoms with Gasteiger partial charge in [0.1, 0.15) is 0 Å². The number of nitrogens with one attached hydrogen (secondary N) is 2. The van der Waals surface area contributed by atoms with Crippen molar-refractivity contribution in [1.82, 2.24) is 20.4 Å². The molecule has 0 fully saturated rings. The van der Waals surface area contributed by atoms with E-state index in [2.05, 4.69) is 114 Å². The van der Waals surface area contributed by atoms with Crippen LogP contribution in [0.25, 0.3) is 0 Å². The van der Waals surface area contributed by atoms with Crippen molar-refractivity contribution < 1.29 is 0 Å². The quantitative estimate of drug-likeness (QED) is 0.0560. The fourth-order valence-electron chi connectivity index (χ4n) is 5.92. The first kappa shape index (κ1) is 52.1. The molecule has 0 aromatic heterocycles. The number of nitrogens with two attached hydrogens (primary N) is 1. The number of rotatable bonds is 26. The highest BCUT2D eigenvalue weighted by molar-refractivity contribution is 5.86. The minimum atomic E-state index is 0. The highest BCUT2D eigenvalue weighted by Crippen LogP contribution is 2.07. The third-order valence-electron chi connectivity index (χ3n) is 8.57. The molecule has 0 aliphatic carbocycles. The summed E-state index contributed by atoms with van der Waals surface area (Å²) < 4.78 is 0. The number of hydrogen-bond acceptors (Lipinski definition) is 6. The predicted molar refractivity (Wildman–Crippen MR) is 236 cm³/mol. The van der Waals surface area contributed by atoms with Gasteiger partial charge in [0.25, 0.3) is 0 Å². The Morgan fingerprint density at radius 3 is 1.33 bits per heavy atom. The molecule has 0 saturated carbocycles. The standard InChI is InChI=1S/C25H37N3.C18H33N3.3ClH/c1-3-17-28(18-4-2)19-9-8-16-26-20-24-12-14-25(15-13-24)22-27-21-23-10-6-5-7-11-23;1-3-12-21(13-4-2)14-6-5-11-20-16-18-9-7-17(15-19)8-10-18;;;/h5-7,10-15,21,26H,3-4,8-9,16-20,22H2,1-2H3;7-10,20H,3-6,11-16,19H2,1-2H3;3*1H. The maximum Gasteiger partial charge on any atom is 0.0639 e. The molecule has 3 rings (SSSR count). The monoisotopic (exact) mass is 778 g/mol. The minimum absolute atomic E-state index is 0. The molecular formula is C43H73Cl3N6. The van der Waals surface area contributed by atoms with Crippen molar-refractivity contribution in [3.63, 3.8) is 0 Å². The van der Waals surface area contributed by atoms with Gasteiger partial charge >= 0.3 is 0 Å². The summed E-state index contributed by atoms with van der Waals surface area (Å²) in [4.78, 5) is 9.72. The lowest BCUT2D eigenvalue weighted by Gasteiger charge is -2.20. The number of hydrogen-bond donors (Lipinski definition) is 3. The Hall–Kier alpha value is -2.00. The molecular weight excluding hydrogens is 707 g/mol. The first-order valence-electron chi connectivity index (χ1n) is 19.4. The van der Waals surface area contributed by atoms with Gasteiger partial charge in [0.05, 0.1) is 6.54 Å². The van der Waals surface area contributed by atoms with E-state index in [1.807, 2.05) is 24.4 Å². The lowest BCUT2D eigenvalue weighted by Crippen LogP contribution is -2.27. The van der Waals surface area contributed by atoms with Gasteiger partial charge in [-0.15, -0.1) is 37.2 Å². The Kier molecular flexibility index (Phi) is 36.1. The maximum absolute atomic E-state index is 5.60. The molecule has 0 saturated heterocycles. The predicted octanol–water partition coefficient (Wildman–Crippen LogP) is 9.70. The Bertz CT molecular complexity index is 1180. The summed E-state index contributed by atoms with van der Waals surface area (Å²) in [5.41, 5.74) is 11.9. The van der Waals surface area contributed by atoms with Gasteiger partial charge in [-0.1, -0.05) is 107 Å². The number of nitrogens with zero attached hydrogens (tertiary/aromatic N) is 3. The summed E-state index contributed by atoms with van der Waals surface area (Å²) in [5, 5.41) is 7.10. The fourth-order valence-corrected chi connectivity index (χ4v) is 5.92. The van der Waals surface area contributed by atoms with E-state index in [0.29, 0.717) is 6.54 Å². The maximum atomic E-state index is 5.60. The Labute approximate surface area is 337 Å². The van der Waals surface area contributed by atoms with E-state index in [-0.39, 0.29) is 37.2 Å². The SMILES string of the molecule is CCCN(CCC)CCCCNCc1ccc(CN)cc1.CCCN(CCC)CCCCNCc1ccc(CN=Cc2ccccc2)cc1.Cl.Cl.Cl. The average Bonchev–Trinajstić information content (AvgIpc) is 3.13. The van der Waals surface area contributed by atoms with Gasteiger partial charge in [-0.3, -0.25) is 4.99 Å². The minimum Gasteiger partial charge on any atom is -0.326 e. The molecule has 0 unspecified atom stereocenters. The summed E-state index contributed by atoms with van der Waals surface area (Å²) >= 11 is 0. The van der Waals surface area contributed by atoms with E-state index in [4.69, 9.17) is 5.73 Å². The largest absolute Gasteiger partial charge is 0.326 e. The smallest absolute Gasteiger partial charge is 0.0639 e. The van der Waals surface area contributed by atoms with E-state index < -0.39 is 0 Å². The molecule has 6 nitrogen and oxygen atoms in total. The molecule has 0 bridgehead atoms. The molecule has 4 N–H and O–H groups in total. The van der Waals surface area contributed by atoms with Gasteiger partial charge < -0.3 is 26.2 Å². The van der Waals surface area contributed by atoms with Crippen molar-refractivity contribution in [1.29, 1.82) is 0 Å². The van der Waals surface area contributed by atoms with Crippen LogP contribution in [0.1, 0.15) is 107 Å². The molecule has 9 heteroatoms. The van der Waals surface area contributed by atoms with Crippen LogP contribution in [0.4, 0.5) is 0 Å². The topological polar surface area (TPSA) is 68.9 Å². The van der Waals surface area contributed by atoms with Crippen LogP contribution in [-0.4, -0.2) is 68.4 Å². The van der Waals surface area contributed by atoms with Crippen LogP contribution in [-0.2, 0) is 26.2 Å². The molecule has 52 heavy (non-hydrogen) atoms. The van der Waals surface area contributed by atoms with Gasteiger partial charge in [-0.25, -0.2) is 0 Å². The zero-order valence-corrected chi connectivity index (χ0v) is 35.3. The lowest BCUT2D eigenvalue weighted by atomic mass is 10.1. The first-order valence-corrected chi connectivity index (χ1v) is 19.4. The van der Waals surface area contributed by atoms with E-state index in [9.17, 15) is 0 Å². The Morgan fingerprint density at radius 1 is 0.519 bits per heavy atom. The van der Waals surface area contributed by atoms with Crippen LogP contribution in [0.5, 0.6) is 0 Å². The van der Waals surface area contributed by atoms with Crippen LogP contribution < -0.4 is 16.4 Å². The number of aliphatic imine (C=N–C) groups is 1. The van der Waals surface area contributed by atoms with E-state index in [1.54, 1.807) is 0 Å². The second kappa shape index (κ2) is 36.0. The zero-order chi connectivity index (χ0) is 35.2. The third kappa shape index (κ3) is 25.9. The Balaban J connectivity index is 0. The fraction of sp³-hybridized carbons (Fsp3) is 0.558. The van der Waals surface area contributed by atoms with Crippen LogP contribution in [0.15, 0.2) is 83.9 Å². The van der Waals surface area contributed by atoms with E-state index >= 15 is 0 Å². The molecule has 0 atom stereocenters. The third-order valence-corrected chi connectivity index (χ3v) is 8.57. The van der Waals surface area contributed by atoms with Gasteiger partial charge in [-0.05, 0) is 132 Å². The highest BCUT2D eigenvalue weighted by Gasteiger charge is 2.03. The first-order chi connectivity index (χ1) is 24.1. The average molecular weight is 780 g/mol. The van der Waals surface area contributed by atoms with Crippen molar-refractivity contribution in [2.24, 2.45) is 10.7 Å². The van der Waals surface area contributed by atoms with Crippen LogP contribution in [0, 0.1) is 0 Å². The lowest BCUT2D eigenvalue weighted by molar-refractivity contribution is 0.268. The molecule has 0 spiro atoms. The van der Waals surface area contributed by atoms with Gasteiger partial charge in [0.15, 0.2) is 0 Å². The molecule has 3 aromatic rings. The second-order valence-corrected chi connectivity index (χ2v) is 13.2. The molecule has 296 valence electrons. The van der Waals surface area contributed by atoms with Crippen molar-refractivity contribution in [3.8, 4) is 0 Å². The van der Waals surface area contributed by atoms with Gasteiger partial charge in [-0.2, -0.15) is 0 Å². The number of halogens is 3. The summed E-state index contributed by atoms with van der Waals surface area (Å²) in [5.74, 6) is 0. The van der Waals surface area contributed by atoms with Crippen molar-refractivity contribution in [3.05, 3.63) is 107 Å². The zero-order valence-electron chi connectivity index (χ0n) is 32.9. The molecule has 0 aliphatic heterocycles. The van der Waals surface area contributed by atoms with Gasteiger partial charge in [0.2, 0.25) is 0 Å². The summed E-state index contributed by atoms with van der Waals surface area (Å²) in [6, 6.07) is 27.6. The molecule has 0 radical (unpaired) electrons. The van der Waals surface area contributed by atoms with Gasteiger partial charge in [0, 0.05) is 25.8 Å². The van der Waals surface area contributed by atoms with Crippen molar-refractivity contribution in [2.45, 2.75) is 105 Å². The number of benzene rings is 3. The van der Waals surface area contributed by atoms with E-state index in [0.717, 1.165) is 38.3 Å². The molecule has 3 aromatic carbocycles. The summed E-state index contributed by atoms with van der Waals surface area (Å²) in [6.07, 6.45) is 12.1. The second-order valence-electron chi connectivity index (χ2n) is 13.2. The van der Waals surface area contributed by atoms with Crippen molar-refractivity contribution >= 4 is 43.4 Å². The highest BCUT2D eigenvalue weighted by atomic mass is 35.5.